The van der Waals surface area contributed by atoms with Crippen LogP contribution in [0.5, 0.6) is 5.75 Å². The molecule has 0 radical (unpaired) electrons. The zero-order valence-corrected chi connectivity index (χ0v) is 13.3. The summed E-state index contributed by atoms with van der Waals surface area (Å²) in [7, 11) is 0. The molecule has 0 aliphatic heterocycles. The van der Waals surface area contributed by atoms with Crippen molar-refractivity contribution in [3.63, 3.8) is 0 Å². The zero-order chi connectivity index (χ0) is 15.4. The maximum atomic E-state index is 6.13. The molecule has 3 aromatic rings. The highest BCUT2D eigenvalue weighted by Crippen LogP contribution is 2.26. The molecule has 5 heteroatoms. The van der Waals surface area contributed by atoms with Gasteiger partial charge in [-0.25, -0.2) is 4.98 Å². The molecule has 0 aliphatic carbocycles. The lowest BCUT2D eigenvalue weighted by atomic mass is 10.2. The van der Waals surface area contributed by atoms with E-state index in [1.165, 1.54) is 5.56 Å². The van der Waals surface area contributed by atoms with Crippen LogP contribution in [0.1, 0.15) is 11.1 Å². The third-order valence-corrected chi connectivity index (χ3v) is 4.00. The first-order valence-corrected chi connectivity index (χ1v) is 7.58. The summed E-state index contributed by atoms with van der Waals surface area (Å²) < 4.78 is 7.77. The number of ether oxygens (including phenoxy) is 1. The van der Waals surface area contributed by atoms with Gasteiger partial charge in [-0.2, -0.15) is 0 Å². The van der Waals surface area contributed by atoms with Gasteiger partial charge >= 0.3 is 0 Å². The number of hydrogen-bond acceptors (Lipinski definition) is 2. The van der Waals surface area contributed by atoms with Crippen LogP contribution in [0.2, 0.25) is 10.0 Å². The quantitative estimate of drug-likeness (QED) is 0.669. The minimum Gasteiger partial charge on any atom is -0.489 e. The molecule has 0 saturated carbocycles. The Kier molecular flexibility index (Phi) is 4.66. The van der Waals surface area contributed by atoms with E-state index in [2.05, 4.69) is 4.98 Å². The molecule has 0 amide bonds. The summed E-state index contributed by atoms with van der Waals surface area (Å²) in [5.74, 6) is 0.783. The van der Waals surface area contributed by atoms with Crippen molar-refractivity contribution in [2.45, 2.75) is 13.2 Å². The predicted octanol–water partition coefficient (Wildman–Crippen LogP) is 4.82. The molecule has 0 atom stereocenters. The Morgan fingerprint density at radius 3 is 2.36 bits per heavy atom. The standard InChI is InChI=1S/C17H14Cl2N2O/c18-16-2-1-3-17(19)15(16)11-22-14-6-4-13(5-7-14)10-21-9-8-20-12-21/h1-9,12H,10-11H2. The van der Waals surface area contributed by atoms with E-state index >= 15 is 0 Å². The Bertz CT molecular complexity index is 720. The molecule has 22 heavy (non-hydrogen) atoms. The topological polar surface area (TPSA) is 27.1 Å². The number of aromatic nitrogens is 2. The SMILES string of the molecule is Clc1cccc(Cl)c1COc1ccc(Cn2ccnc2)cc1. The van der Waals surface area contributed by atoms with Gasteiger partial charge in [0.05, 0.1) is 6.33 Å². The average molecular weight is 333 g/mol. The minimum atomic E-state index is 0.347. The lowest BCUT2D eigenvalue weighted by molar-refractivity contribution is 0.306. The van der Waals surface area contributed by atoms with E-state index in [9.17, 15) is 0 Å². The van der Waals surface area contributed by atoms with Crippen LogP contribution in [0.3, 0.4) is 0 Å². The number of benzene rings is 2. The number of imidazole rings is 1. The van der Waals surface area contributed by atoms with Crippen molar-refractivity contribution in [3.05, 3.63) is 82.4 Å². The van der Waals surface area contributed by atoms with Gasteiger partial charge in [-0.1, -0.05) is 41.4 Å². The monoisotopic (exact) mass is 332 g/mol. The molecule has 0 N–H and O–H groups in total. The second-order valence-corrected chi connectivity index (χ2v) is 5.68. The van der Waals surface area contributed by atoms with Gasteiger partial charge < -0.3 is 9.30 Å². The Morgan fingerprint density at radius 2 is 1.73 bits per heavy atom. The second-order valence-electron chi connectivity index (χ2n) is 4.87. The molecule has 1 heterocycles. The van der Waals surface area contributed by atoms with Crippen molar-refractivity contribution in [3.8, 4) is 5.75 Å². The van der Waals surface area contributed by atoms with Crippen molar-refractivity contribution < 1.29 is 4.74 Å². The Morgan fingerprint density at radius 1 is 1.00 bits per heavy atom. The highest BCUT2D eigenvalue weighted by atomic mass is 35.5. The number of rotatable bonds is 5. The minimum absolute atomic E-state index is 0.347. The van der Waals surface area contributed by atoms with Crippen LogP contribution in [0.15, 0.2) is 61.2 Å². The molecule has 3 rings (SSSR count). The molecule has 0 fully saturated rings. The largest absolute Gasteiger partial charge is 0.489 e. The summed E-state index contributed by atoms with van der Waals surface area (Å²) in [5.41, 5.74) is 1.98. The molecular weight excluding hydrogens is 319 g/mol. The third kappa shape index (κ3) is 3.62. The Balaban J connectivity index is 1.64. The second kappa shape index (κ2) is 6.86. The highest BCUT2D eigenvalue weighted by Gasteiger charge is 2.06. The predicted molar refractivity (Wildman–Crippen MR) is 88.6 cm³/mol. The summed E-state index contributed by atoms with van der Waals surface area (Å²) in [6.45, 7) is 1.13. The van der Waals surface area contributed by atoms with Gasteiger partial charge in [-0.05, 0) is 29.8 Å². The Hall–Kier alpha value is -1.97. The van der Waals surface area contributed by atoms with E-state index in [1.54, 1.807) is 24.7 Å². The normalized spacial score (nSPS) is 10.6. The fourth-order valence-corrected chi connectivity index (χ4v) is 2.61. The van der Waals surface area contributed by atoms with E-state index in [0.29, 0.717) is 16.7 Å². The third-order valence-electron chi connectivity index (χ3n) is 3.29. The molecule has 0 unspecified atom stereocenters. The van der Waals surface area contributed by atoms with Crippen molar-refractivity contribution in [1.29, 1.82) is 0 Å². The van der Waals surface area contributed by atoms with E-state index < -0.39 is 0 Å². The van der Waals surface area contributed by atoms with E-state index in [4.69, 9.17) is 27.9 Å². The average Bonchev–Trinajstić information content (AvgIpc) is 3.01. The van der Waals surface area contributed by atoms with Gasteiger partial charge in [-0.3, -0.25) is 0 Å². The van der Waals surface area contributed by atoms with Crippen molar-refractivity contribution in [2.24, 2.45) is 0 Å². The van der Waals surface area contributed by atoms with Gasteiger partial charge in [0.25, 0.3) is 0 Å². The summed E-state index contributed by atoms with van der Waals surface area (Å²) >= 11 is 12.3. The van der Waals surface area contributed by atoms with Crippen LogP contribution in [-0.2, 0) is 13.2 Å². The maximum absolute atomic E-state index is 6.13. The van der Waals surface area contributed by atoms with Crippen LogP contribution in [-0.4, -0.2) is 9.55 Å². The highest BCUT2D eigenvalue weighted by molar-refractivity contribution is 6.35. The van der Waals surface area contributed by atoms with E-state index in [1.807, 2.05) is 41.1 Å². The van der Waals surface area contributed by atoms with Crippen molar-refractivity contribution in [2.75, 3.05) is 0 Å². The summed E-state index contributed by atoms with van der Waals surface area (Å²) in [6, 6.07) is 13.4. The van der Waals surface area contributed by atoms with Crippen molar-refractivity contribution >= 4 is 23.2 Å². The number of nitrogens with zero attached hydrogens (tertiary/aromatic N) is 2. The first kappa shape index (κ1) is 14.9. The molecule has 0 aliphatic rings. The number of hydrogen-bond donors (Lipinski definition) is 0. The molecule has 2 aromatic carbocycles. The Labute approximate surface area is 139 Å². The first-order valence-electron chi connectivity index (χ1n) is 6.83. The maximum Gasteiger partial charge on any atom is 0.119 e. The van der Waals surface area contributed by atoms with Gasteiger partial charge in [0.15, 0.2) is 0 Å². The smallest absolute Gasteiger partial charge is 0.119 e. The van der Waals surface area contributed by atoms with E-state index in [0.717, 1.165) is 17.9 Å². The van der Waals surface area contributed by atoms with Crippen LogP contribution in [0.4, 0.5) is 0 Å². The fraction of sp³-hybridized carbons (Fsp3) is 0.118. The first-order chi connectivity index (χ1) is 10.7. The van der Waals surface area contributed by atoms with Crippen LogP contribution in [0, 0.1) is 0 Å². The molecule has 0 saturated heterocycles. The summed E-state index contributed by atoms with van der Waals surface area (Å²) in [6.07, 6.45) is 5.50. The lowest BCUT2D eigenvalue weighted by Gasteiger charge is -2.10. The van der Waals surface area contributed by atoms with Crippen molar-refractivity contribution in [1.82, 2.24) is 9.55 Å². The molecular formula is C17H14Cl2N2O. The van der Waals surface area contributed by atoms with Crippen LogP contribution < -0.4 is 4.74 Å². The van der Waals surface area contributed by atoms with Gasteiger partial charge in [-0.15, -0.1) is 0 Å². The molecule has 0 bridgehead atoms. The fourth-order valence-electron chi connectivity index (χ4n) is 2.11. The summed E-state index contributed by atoms with van der Waals surface area (Å²) in [4.78, 5) is 4.03. The van der Waals surface area contributed by atoms with Gasteiger partial charge in [0, 0.05) is 34.5 Å². The molecule has 112 valence electrons. The molecule has 0 spiro atoms. The lowest BCUT2D eigenvalue weighted by Crippen LogP contribution is -1.99. The summed E-state index contributed by atoms with van der Waals surface area (Å²) in [5, 5.41) is 1.23. The van der Waals surface area contributed by atoms with Gasteiger partial charge in [0.2, 0.25) is 0 Å². The molecule has 1 aromatic heterocycles. The van der Waals surface area contributed by atoms with E-state index in [-0.39, 0.29) is 0 Å². The molecule has 3 nitrogen and oxygen atoms in total. The van der Waals surface area contributed by atoms with Gasteiger partial charge in [0.1, 0.15) is 12.4 Å². The van der Waals surface area contributed by atoms with Crippen LogP contribution >= 0.6 is 23.2 Å². The van der Waals surface area contributed by atoms with Crippen LogP contribution in [0.25, 0.3) is 0 Å². The zero-order valence-electron chi connectivity index (χ0n) is 11.7. The number of halogens is 2.